The highest BCUT2D eigenvalue weighted by Crippen LogP contribution is 2.45. The molecule has 0 atom stereocenters. The molecule has 9 nitrogen and oxygen atoms in total. The minimum atomic E-state index is -0.483. The fourth-order valence-corrected chi connectivity index (χ4v) is 4.78. The Morgan fingerprint density at radius 2 is 2.03 bits per heavy atom. The molecule has 34 heavy (non-hydrogen) atoms. The minimum absolute atomic E-state index is 0.0292. The van der Waals surface area contributed by atoms with E-state index < -0.39 is 6.03 Å². The summed E-state index contributed by atoms with van der Waals surface area (Å²) in [5.41, 5.74) is 0.849. The lowest BCUT2D eigenvalue weighted by molar-refractivity contribution is 0.0956. The van der Waals surface area contributed by atoms with Crippen LogP contribution in [0.4, 0.5) is 22.0 Å². The second kappa shape index (κ2) is 9.26. The smallest absolute Gasteiger partial charge is 0.332 e. The van der Waals surface area contributed by atoms with Crippen molar-refractivity contribution in [2.45, 2.75) is 6.42 Å². The van der Waals surface area contributed by atoms with E-state index in [1.165, 1.54) is 11.2 Å². The van der Waals surface area contributed by atoms with E-state index in [1.54, 1.807) is 18.2 Å². The predicted molar refractivity (Wildman–Crippen MR) is 131 cm³/mol. The molecule has 172 valence electrons. The molecule has 1 aliphatic rings. The van der Waals surface area contributed by atoms with Crippen molar-refractivity contribution >= 4 is 62.3 Å². The number of nitrogens with zero attached hydrogens (tertiary/aromatic N) is 3. The summed E-state index contributed by atoms with van der Waals surface area (Å²) in [6, 6.07) is 13.8. The van der Waals surface area contributed by atoms with Gasteiger partial charge in [-0.3, -0.25) is 4.79 Å². The molecule has 11 heteroatoms. The van der Waals surface area contributed by atoms with E-state index in [-0.39, 0.29) is 12.5 Å². The first-order valence-electron chi connectivity index (χ1n) is 10.4. The number of aromatic nitrogens is 2. The third-order valence-corrected chi connectivity index (χ3v) is 6.48. The normalized spacial score (nSPS) is 12.5. The number of hydrogen-bond acceptors (Lipinski definition) is 7. The minimum Gasteiger partial charge on any atom is -0.456 e. The molecule has 0 fully saturated rings. The number of para-hydroxylation sites is 1. The van der Waals surface area contributed by atoms with E-state index in [9.17, 15) is 9.59 Å². The molecule has 0 saturated carbocycles. The van der Waals surface area contributed by atoms with Crippen LogP contribution in [0.1, 0.15) is 16.1 Å². The molecule has 3 heterocycles. The predicted octanol–water partition coefficient (Wildman–Crippen LogP) is 4.93. The van der Waals surface area contributed by atoms with E-state index in [2.05, 4.69) is 20.6 Å². The number of anilines is 3. The number of hydrogen-bond donors (Lipinski definition) is 3. The van der Waals surface area contributed by atoms with Gasteiger partial charge < -0.3 is 20.5 Å². The number of aliphatic hydroxyl groups excluding tert-OH is 1. The van der Waals surface area contributed by atoms with Crippen LogP contribution < -0.4 is 20.3 Å². The van der Waals surface area contributed by atoms with Crippen LogP contribution in [0.25, 0.3) is 10.2 Å². The molecule has 2 aromatic heterocycles. The van der Waals surface area contributed by atoms with Crippen LogP contribution in [-0.4, -0.2) is 40.2 Å². The van der Waals surface area contributed by atoms with Crippen molar-refractivity contribution < 1.29 is 19.4 Å². The average Bonchev–Trinajstić information content (AvgIpc) is 3.21. The maximum atomic E-state index is 13.1. The molecule has 4 aromatic rings. The van der Waals surface area contributed by atoms with Crippen LogP contribution in [-0.2, 0) is 0 Å². The number of amides is 3. The number of thiophene rings is 1. The number of ether oxygens (including phenoxy) is 1. The first-order valence-corrected chi connectivity index (χ1v) is 11.6. The number of nitrogens with one attached hydrogen (secondary N) is 2. The van der Waals surface area contributed by atoms with E-state index in [0.29, 0.717) is 61.8 Å². The summed E-state index contributed by atoms with van der Waals surface area (Å²) >= 11 is 7.63. The molecule has 0 spiro atoms. The van der Waals surface area contributed by atoms with E-state index in [1.807, 2.05) is 30.3 Å². The zero-order chi connectivity index (χ0) is 23.7. The first kappa shape index (κ1) is 22.1. The van der Waals surface area contributed by atoms with Gasteiger partial charge >= 0.3 is 6.03 Å². The molecule has 2 aromatic carbocycles. The number of benzene rings is 2. The number of carbonyl (C=O) groups is 2. The topological polar surface area (TPSA) is 117 Å². The Bertz CT molecular complexity index is 1400. The Morgan fingerprint density at radius 1 is 1.21 bits per heavy atom. The summed E-state index contributed by atoms with van der Waals surface area (Å²) in [5, 5.41) is 15.4. The molecular weight excluding hydrogens is 478 g/mol. The standard InChI is InChI=1S/C23H18ClN5O4S/c24-15-11-13(7-8-16(15)33-14-5-2-1-3-6-14)29-20-17-18(28-23(29)32)19(21(31)25-9-4-10-30)34-22(17)27-12-26-20/h1-3,5-8,11-12,30H,4,9-10H2,(H,25,31)(H,28,32). The van der Waals surface area contributed by atoms with Crippen molar-refractivity contribution in [2.75, 3.05) is 23.4 Å². The van der Waals surface area contributed by atoms with Gasteiger partial charge in [0.1, 0.15) is 27.5 Å². The van der Waals surface area contributed by atoms with E-state index >= 15 is 0 Å². The second-order valence-corrected chi connectivity index (χ2v) is 8.72. The third kappa shape index (κ3) is 4.03. The number of aliphatic hydroxyl groups is 1. The van der Waals surface area contributed by atoms with Crippen molar-refractivity contribution in [3.63, 3.8) is 0 Å². The number of halogens is 1. The fourth-order valence-electron chi connectivity index (χ4n) is 3.55. The van der Waals surface area contributed by atoms with Crippen molar-refractivity contribution in [3.8, 4) is 11.5 Å². The zero-order valence-electron chi connectivity index (χ0n) is 17.6. The second-order valence-electron chi connectivity index (χ2n) is 7.31. The molecule has 0 bridgehead atoms. The molecule has 0 saturated heterocycles. The summed E-state index contributed by atoms with van der Waals surface area (Å²) < 4.78 is 5.83. The Hall–Kier alpha value is -3.73. The quantitative estimate of drug-likeness (QED) is 0.313. The Morgan fingerprint density at radius 3 is 2.79 bits per heavy atom. The Balaban J connectivity index is 1.50. The molecular formula is C23H18ClN5O4S. The highest BCUT2D eigenvalue weighted by atomic mass is 35.5. The van der Waals surface area contributed by atoms with Gasteiger partial charge in [-0.15, -0.1) is 11.3 Å². The lowest BCUT2D eigenvalue weighted by Gasteiger charge is -2.27. The monoisotopic (exact) mass is 495 g/mol. The van der Waals surface area contributed by atoms with Gasteiger partial charge in [-0.05, 0) is 36.8 Å². The van der Waals surface area contributed by atoms with Crippen molar-refractivity contribution in [2.24, 2.45) is 0 Å². The van der Waals surface area contributed by atoms with Crippen LogP contribution in [0.5, 0.6) is 11.5 Å². The fraction of sp³-hybridized carbons (Fsp3) is 0.130. The summed E-state index contributed by atoms with van der Waals surface area (Å²) in [4.78, 5) is 36.7. The summed E-state index contributed by atoms with van der Waals surface area (Å²) in [6.45, 7) is 0.288. The molecule has 0 unspecified atom stereocenters. The Labute approximate surface area is 203 Å². The van der Waals surface area contributed by atoms with E-state index in [0.717, 1.165) is 11.3 Å². The van der Waals surface area contributed by atoms with Gasteiger partial charge in [0.15, 0.2) is 5.82 Å². The van der Waals surface area contributed by atoms with Crippen LogP contribution >= 0.6 is 22.9 Å². The largest absolute Gasteiger partial charge is 0.456 e. The summed E-state index contributed by atoms with van der Waals surface area (Å²) in [7, 11) is 0. The summed E-state index contributed by atoms with van der Waals surface area (Å²) in [6.07, 6.45) is 1.79. The maximum absolute atomic E-state index is 13.1. The average molecular weight is 496 g/mol. The van der Waals surface area contributed by atoms with Gasteiger partial charge in [0.05, 0.1) is 21.8 Å². The first-order chi connectivity index (χ1) is 16.6. The van der Waals surface area contributed by atoms with E-state index in [4.69, 9.17) is 21.4 Å². The summed E-state index contributed by atoms with van der Waals surface area (Å²) in [5.74, 6) is 1.08. The number of rotatable bonds is 7. The highest BCUT2D eigenvalue weighted by molar-refractivity contribution is 7.21. The lowest BCUT2D eigenvalue weighted by Crippen LogP contribution is -2.35. The zero-order valence-corrected chi connectivity index (χ0v) is 19.2. The van der Waals surface area contributed by atoms with Crippen LogP contribution in [0.2, 0.25) is 5.02 Å². The van der Waals surface area contributed by atoms with Gasteiger partial charge in [0.25, 0.3) is 5.91 Å². The van der Waals surface area contributed by atoms with Gasteiger partial charge in [-0.25, -0.2) is 19.7 Å². The van der Waals surface area contributed by atoms with Crippen molar-refractivity contribution in [1.29, 1.82) is 0 Å². The van der Waals surface area contributed by atoms with Gasteiger partial charge in [0.2, 0.25) is 0 Å². The molecule has 1 aliphatic heterocycles. The lowest BCUT2D eigenvalue weighted by atomic mass is 10.2. The van der Waals surface area contributed by atoms with Gasteiger partial charge in [-0.2, -0.15) is 0 Å². The number of carbonyl (C=O) groups excluding carboxylic acids is 2. The van der Waals surface area contributed by atoms with Crippen LogP contribution in [0.3, 0.4) is 0 Å². The Kier molecular flexibility index (Phi) is 6.01. The van der Waals surface area contributed by atoms with Crippen LogP contribution in [0, 0.1) is 0 Å². The highest BCUT2D eigenvalue weighted by Gasteiger charge is 2.34. The van der Waals surface area contributed by atoms with Crippen molar-refractivity contribution in [1.82, 2.24) is 15.3 Å². The third-order valence-electron chi connectivity index (χ3n) is 5.09. The van der Waals surface area contributed by atoms with Crippen molar-refractivity contribution in [3.05, 3.63) is 64.8 Å². The number of urea groups is 1. The van der Waals surface area contributed by atoms with Gasteiger partial charge in [-0.1, -0.05) is 29.8 Å². The van der Waals surface area contributed by atoms with Gasteiger partial charge in [0, 0.05) is 13.2 Å². The maximum Gasteiger partial charge on any atom is 0.332 e. The SMILES string of the molecule is O=C(NCCCO)c1sc2ncnc3c2c1NC(=O)N3c1ccc(Oc2ccccc2)c(Cl)c1. The van der Waals surface area contributed by atoms with Crippen LogP contribution in [0.15, 0.2) is 54.9 Å². The molecule has 0 radical (unpaired) electrons. The molecule has 3 amide bonds. The molecule has 5 rings (SSSR count). The molecule has 3 N–H and O–H groups in total. The molecule has 0 aliphatic carbocycles.